The summed E-state index contributed by atoms with van der Waals surface area (Å²) >= 11 is 5.91. The Labute approximate surface area is 105 Å². The Morgan fingerprint density at radius 3 is 2.59 bits per heavy atom. The van der Waals surface area contributed by atoms with Crippen LogP contribution in [0.5, 0.6) is 5.75 Å². The van der Waals surface area contributed by atoms with Gasteiger partial charge in [0, 0.05) is 25.5 Å². The van der Waals surface area contributed by atoms with E-state index in [0.717, 1.165) is 0 Å². The Morgan fingerprint density at radius 1 is 1.35 bits per heavy atom. The van der Waals surface area contributed by atoms with Gasteiger partial charge < -0.3 is 10.1 Å². The second-order valence-electron chi connectivity index (χ2n) is 3.45. The number of methoxy groups -OCH3 is 1. The van der Waals surface area contributed by atoms with E-state index in [1.165, 1.54) is 14.2 Å². The molecule has 1 aromatic rings. The van der Waals surface area contributed by atoms with E-state index in [9.17, 15) is 9.59 Å². The fraction of sp³-hybridized carbons (Fsp3) is 0.333. The van der Waals surface area contributed by atoms with E-state index in [-0.39, 0.29) is 24.5 Å². The third kappa shape index (κ3) is 3.75. The Balaban J connectivity index is 2.69. The number of hydrogen-bond donors (Lipinski definition) is 1. The number of benzene rings is 1. The number of hydrogen-bond acceptors (Lipinski definition) is 3. The van der Waals surface area contributed by atoms with Gasteiger partial charge in [-0.1, -0.05) is 11.6 Å². The molecule has 1 aromatic carbocycles. The van der Waals surface area contributed by atoms with Crippen molar-refractivity contribution < 1.29 is 14.3 Å². The lowest BCUT2D eigenvalue weighted by atomic mass is 10.1. The molecule has 5 heteroatoms. The smallest absolute Gasteiger partial charge is 0.220 e. The van der Waals surface area contributed by atoms with Gasteiger partial charge >= 0.3 is 0 Å². The summed E-state index contributed by atoms with van der Waals surface area (Å²) < 4.78 is 4.99. The molecule has 4 nitrogen and oxygen atoms in total. The van der Waals surface area contributed by atoms with E-state index in [4.69, 9.17) is 16.3 Å². The van der Waals surface area contributed by atoms with Crippen LogP contribution in [0.2, 0.25) is 5.02 Å². The molecule has 0 atom stereocenters. The molecular weight excluding hydrogens is 242 g/mol. The number of ketones is 1. The predicted molar refractivity (Wildman–Crippen MR) is 65.6 cm³/mol. The van der Waals surface area contributed by atoms with E-state index < -0.39 is 0 Å². The van der Waals surface area contributed by atoms with E-state index in [0.29, 0.717) is 16.3 Å². The van der Waals surface area contributed by atoms with Crippen molar-refractivity contribution in [2.75, 3.05) is 14.2 Å². The summed E-state index contributed by atoms with van der Waals surface area (Å²) in [7, 11) is 3.05. The fourth-order valence-electron chi connectivity index (χ4n) is 1.34. The number of Topliss-reactive ketones (excluding diaryl/α,β-unsaturated/α-hetero) is 1. The van der Waals surface area contributed by atoms with Crippen LogP contribution in [-0.4, -0.2) is 25.8 Å². The van der Waals surface area contributed by atoms with Gasteiger partial charge in [-0.3, -0.25) is 9.59 Å². The molecule has 1 rings (SSSR count). The van der Waals surface area contributed by atoms with Crippen molar-refractivity contribution in [3.8, 4) is 5.75 Å². The van der Waals surface area contributed by atoms with E-state index in [2.05, 4.69) is 5.32 Å². The quantitative estimate of drug-likeness (QED) is 0.820. The second-order valence-corrected chi connectivity index (χ2v) is 3.85. The number of halogens is 1. The number of amides is 1. The average Bonchev–Trinajstić information content (AvgIpc) is 2.35. The Bertz CT molecular complexity index is 432. The lowest BCUT2D eigenvalue weighted by Crippen LogP contribution is -2.18. The fourth-order valence-corrected chi connectivity index (χ4v) is 1.59. The number of rotatable bonds is 5. The molecule has 0 saturated carbocycles. The van der Waals surface area contributed by atoms with Gasteiger partial charge in [0.1, 0.15) is 5.75 Å². The topological polar surface area (TPSA) is 55.4 Å². The highest BCUT2D eigenvalue weighted by Gasteiger charge is 2.10. The van der Waals surface area contributed by atoms with Gasteiger partial charge in [0.15, 0.2) is 5.78 Å². The molecule has 1 N–H and O–H groups in total. The van der Waals surface area contributed by atoms with Gasteiger partial charge in [-0.2, -0.15) is 0 Å². The van der Waals surface area contributed by atoms with Crippen molar-refractivity contribution in [3.05, 3.63) is 28.8 Å². The van der Waals surface area contributed by atoms with Crippen LogP contribution in [0, 0.1) is 0 Å². The van der Waals surface area contributed by atoms with Gasteiger partial charge in [0.2, 0.25) is 5.91 Å². The van der Waals surface area contributed by atoms with Crippen LogP contribution in [-0.2, 0) is 4.79 Å². The van der Waals surface area contributed by atoms with Gasteiger partial charge in [-0.05, 0) is 18.2 Å². The molecule has 0 aromatic heterocycles. The van der Waals surface area contributed by atoms with Crippen LogP contribution in [0.1, 0.15) is 23.2 Å². The summed E-state index contributed by atoms with van der Waals surface area (Å²) in [6.07, 6.45) is 0.349. The Morgan fingerprint density at radius 2 is 2.06 bits per heavy atom. The maximum absolute atomic E-state index is 11.7. The highest BCUT2D eigenvalue weighted by molar-refractivity contribution is 6.32. The van der Waals surface area contributed by atoms with Crippen molar-refractivity contribution in [1.82, 2.24) is 5.32 Å². The van der Waals surface area contributed by atoms with E-state index in [1.54, 1.807) is 18.2 Å². The molecule has 0 heterocycles. The normalized spacial score (nSPS) is 9.82. The molecule has 92 valence electrons. The summed E-state index contributed by atoms with van der Waals surface area (Å²) in [6, 6.07) is 4.82. The van der Waals surface area contributed by atoms with Crippen molar-refractivity contribution in [2.24, 2.45) is 0 Å². The molecule has 0 aliphatic carbocycles. The maximum atomic E-state index is 11.7. The Hall–Kier alpha value is -1.55. The Kier molecular flexibility index (Phi) is 4.97. The minimum Gasteiger partial charge on any atom is -0.495 e. The van der Waals surface area contributed by atoms with E-state index in [1.807, 2.05) is 0 Å². The van der Waals surface area contributed by atoms with Gasteiger partial charge in [-0.15, -0.1) is 0 Å². The molecule has 0 fully saturated rings. The summed E-state index contributed by atoms with van der Waals surface area (Å²) in [5, 5.41) is 2.85. The third-order valence-electron chi connectivity index (χ3n) is 2.33. The highest BCUT2D eigenvalue weighted by Crippen LogP contribution is 2.25. The van der Waals surface area contributed by atoms with E-state index >= 15 is 0 Å². The number of ether oxygens (including phenoxy) is 1. The highest BCUT2D eigenvalue weighted by atomic mass is 35.5. The molecule has 1 amide bonds. The first kappa shape index (κ1) is 13.5. The van der Waals surface area contributed by atoms with Crippen LogP contribution < -0.4 is 10.1 Å². The summed E-state index contributed by atoms with van der Waals surface area (Å²) in [4.78, 5) is 22.7. The lowest BCUT2D eigenvalue weighted by Gasteiger charge is -2.05. The first-order valence-electron chi connectivity index (χ1n) is 5.15. The minimum atomic E-state index is -0.155. The number of carbonyl (C=O) groups is 2. The van der Waals surface area contributed by atoms with Crippen molar-refractivity contribution >= 4 is 23.3 Å². The molecular formula is C12H14ClNO3. The van der Waals surface area contributed by atoms with Crippen LogP contribution in [0.4, 0.5) is 0 Å². The molecule has 0 unspecified atom stereocenters. The lowest BCUT2D eigenvalue weighted by molar-refractivity contribution is -0.120. The first-order valence-corrected chi connectivity index (χ1v) is 5.53. The molecule has 0 spiro atoms. The van der Waals surface area contributed by atoms with Gasteiger partial charge in [0.25, 0.3) is 0 Å². The van der Waals surface area contributed by atoms with Crippen molar-refractivity contribution in [2.45, 2.75) is 12.8 Å². The summed E-state index contributed by atoms with van der Waals surface area (Å²) in [5.74, 6) is 0.255. The molecule has 0 aliphatic rings. The standard InChI is InChI=1S/C12H14ClNO3/c1-14-12(16)6-4-10(15)8-3-5-11(17-2)9(13)7-8/h3,5,7H,4,6H2,1-2H3,(H,14,16). The summed E-state index contributed by atoms with van der Waals surface area (Å²) in [6.45, 7) is 0. The SMILES string of the molecule is CNC(=O)CCC(=O)c1ccc(OC)c(Cl)c1. The van der Waals surface area contributed by atoms with Gasteiger partial charge in [-0.25, -0.2) is 0 Å². The number of nitrogens with one attached hydrogen (secondary N) is 1. The molecule has 0 bridgehead atoms. The second kappa shape index (κ2) is 6.25. The largest absolute Gasteiger partial charge is 0.495 e. The zero-order valence-corrected chi connectivity index (χ0v) is 10.5. The monoisotopic (exact) mass is 255 g/mol. The maximum Gasteiger partial charge on any atom is 0.220 e. The molecule has 0 aliphatic heterocycles. The van der Waals surface area contributed by atoms with Crippen molar-refractivity contribution in [1.29, 1.82) is 0 Å². The zero-order chi connectivity index (χ0) is 12.8. The van der Waals surface area contributed by atoms with Crippen LogP contribution >= 0.6 is 11.6 Å². The molecule has 0 saturated heterocycles. The average molecular weight is 256 g/mol. The third-order valence-corrected chi connectivity index (χ3v) is 2.63. The van der Waals surface area contributed by atoms with Crippen LogP contribution in [0.3, 0.4) is 0 Å². The zero-order valence-electron chi connectivity index (χ0n) is 9.75. The first-order chi connectivity index (χ1) is 8.08. The van der Waals surface area contributed by atoms with Crippen LogP contribution in [0.25, 0.3) is 0 Å². The predicted octanol–water partition coefficient (Wildman–Crippen LogP) is 2.06. The summed E-state index contributed by atoms with van der Waals surface area (Å²) in [5.41, 5.74) is 0.486. The molecule has 0 radical (unpaired) electrons. The number of carbonyl (C=O) groups excluding carboxylic acids is 2. The van der Waals surface area contributed by atoms with Crippen molar-refractivity contribution in [3.63, 3.8) is 0 Å². The molecule has 17 heavy (non-hydrogen) atoms. The van der Waals surface area contributed by atoms with Crippen LogP contribution in [0.15, 0.2) is 18.2 Å². The van der Waals surface area contributed by atoms with Gasteiger partial charge in [0.05, 0.1) is 12.1 Å². The minimum absolute atomic E-state index is 0.113.